The summed E-state index contributed by atoms with van der Waals surface area (Å²) in [6, 6.07) is 0. The number of rotatable bonds is 46. The van der Waals surface area contributed by atoms with E-state index >= 15 is 0 Å². The summed E-state index contributed by atoms with van der Waals surface area (Å²) < 4.78 is 34.3. The molecule has 0 saturated carbocycles. The summed E-state index contributed by atoms with van der Waals surface area (Å²) >= 11 is 0. The first-order valence-electron chi connectivity index (χ1n) is 28.1. The first kappa shape index (κ1) is 63.1. The van der Waals surface area contributed by atoms with Gasteiger partial charge in [-0.25, -0.2) is 0 Å². The Morgan fingerprint density at radius 3 is 1.19 bits per heavy atom. The van der Waals surface area contributed by atoms with Crippen molar-refractivity contribution in [1.29, 1.82) is 0 Å². The predicted octanol–water partition coefficient (Wildman–Crippen LogP) is 9.25. The number of unbranched alkanes of at least 4 members (excludes halogenated alkanes) is 32. The van der Waals surface area contributed by atoms with Gasteiger partial charge in [-0.2, -0.15) is 0 Å². The standard InChI is InChI=1S/C54H104O14/c1-3-5-7-9-11-13-15-17-18-19-20-21-22-23-24-25-26-28-30-32-34-36-38-63-40-43(66-46(56)37-35-33-31-29-27-16-14-12-10-8-6-4-2)41-64-53-52(62)50(60)48(58)45(68-53)42-65-54-51(61)49(59)47(57)44(39-55)67-54/h43-45,47-55,57-62H,3-42H2,1-2H3. The highest BCUT2D eigenvalue weighted by Crippen LogP contribution is 2.27. The van der Waals surface area contributed by atoms with Crippen molar-refractivity contribution in [2.45, 2.75) is 306 Å². The summed E-state index contributed by atoms with van der Waals surface area (Å²) in [5, 5.41) is 72.2. The molecule has 11 unspecified atom stereocenters. The highest BCUT2D eigenvalue weighted by Gasteiger charge is 2.47. The van der Waals surface area contributed by atoms with E-state index in [1.165, 1.54) is 173 Å². The summed E-state index contributed by atoms with van der Waals surface area (Å²) in [6.45, 7) is 3.74. The molecule has 2 rings (SSSR count). The molecule has 2 heterocycles. The molecule has 68 heavy (non-hydrogen) atoms. The molecule has 0 amide bonds. The normalized spacial score (nSPS) is 25.8. The number of carbonyl (C=O) groups excluding carboxylic acids is 1. The van der Waals surface area contributed by atoms with E-state index in [4.69, 9.17) is 28.4 Å². The first-order chi connectivity index (χ1) is 33.1. The highest BCUT2D eigenvalue weighted by molar-refractivity contribution is 5.69. The highest BCUT2D eigenvalue weighted by atomic mass is 16.7. The second kappa shape index (κ2) is 42.5. The van der Waals surface area contributed by atoms with Crippen LogP contribution in [0.25, 0.3) is 0 Å². The largest absolute Gasteiger partial charge is 0.457 e. The third-order valence-corrected chi connectivity index (χ3v) is 13.9. The van der Waals surface area contributed by atoms with Gasteiger partial charge in [0.2, 0.25) is 0 Å². The molecule has 2 saturated heterocycles. The van der Waals surface area contributed by atoms with Crippen LogP contribution in [0, 0.1) is 0 Å². The van der Waals surface area contributed by atoms with Crippen molar-refractivity contribution in [1.82, 2.24) is 0 Å². The minimum atomic E-state index is -1.70. The second-order valence-electron chi connectivity index (χ2n) is 20.1. The van der Waals surface area contributed by atoms with Crippen LogP contribution in [0.4, 0.5) is 0 Å². The van der Waals surface area contributed by atoms with Crippen LogP contribution in [0.1, 0.15) is 239 Å². The Hall–Kier alpha value is -1.01. The number of hydrogen-bond donors (Lipinski definition) is 7. The summed E-state index contributed by atoms with van der Waals surface area (Å²) in [6.07, 6.45) is 27.4. The van der Waals surface area contributed by atoms with E-state index in [0.717, 1.165) is 38.5 Å². The van der Waals surface area contributed by atoms with E-state index in [1.54, 1.807) is 0 Å². The Balaban J connectivity index is 1.69. The zero-order valence-electron chi connectivity index (χ0n) is 43.1. The van der Waals surface area contributed by atoms with Crippen molar-refractivity contribution in [2.24, 2.45) is 0 Å². The third-order valence-electron chi connectivity index (χ3n) is 13.9. The van der Waals surface area contributed by atoms with Crippen LogP contribution in [0.3, 0.4) is 0 Å². The summed E-state index contributed by atoms with van der Waals surface area (Å²) in [5.41, 5.74) is 0. The van der Waals surface area contributed by atoms with Gasteiger partial charge in [-0.05, 0) is 12.8 Å². The molecule has 2 fully saturated rings. The number of aliphatic hydroxyl groups excluding tert-OH is 7. The lowest BCUT2D eigenvalue weighted by atomic mass is 9.98. The fraction of sp³-hybridized carbons (Fsp3) is 0.981. The van der Waals surface area contributed by atoms with Gasteiger partial charge in [-0.3, -0.25) is 4.79 Å². The maximum Gasteiger partial charge on any atom is 0.306 e. The minimum absolute atomic E-state index is 0.0705. The quantitative estimate of drug-likeness (QED) is 0.0224. The molecule has 11 atom stereocenters. The molecule has 14 nitrogen and oxygen atoms in total. The summed E-state index contributed by atoms with van der Waals surface area (Å²) in [4.78, 5) is 13.0. The van der Waals surface area contributed by atoms with Crippen LogP contribution < -0.4 is 0 Å². The molecular formula is C54H104O14. The van der Waals surface area contributed by atoms with E-state index in [2.05, 4.69) is 13.8 Å². The Bertz CT molecular complexity index is 1130. The lowest BCUT2D eigenvalue weighted by Crippen LogP contribution is -2.61. The molecule has 404 valence electrons. The molecular weight excluding hydrogens is 873 g/mol. The average Bonchev–Trinajstić information content (AvgIpc) is 3.33. The van der Waals surface area contributed by atoms with Crippen LogP contribution in [0.5, 0.6) is 0 Å². The van der Waals surface area contributed by atoms with Gasteiger partial charge in [-0.15, -0.1) is 0 Å². The Labute approximate surface area is 412 Å². The van der Waals surface area contributed by atoms with Crippen LogP contribution >= 0.6 is 0 Å². The molecule has 0 aromatic rings. The topological polar surface area (TPSA) is 214 Å². The fourth-order valence-electron chi connectivity index (χ4n) is 9.29. The molecule has 0 aromatic heterocycles. The molecule has 14 heteroatoms. The first-order valence-corrected chi connectivity index (χ1v) is 28.1. The van der Waals surface area contributed by atoms with E-state index < -0.39 is 80.7 Å². The van der Waals surface area contributed by atoms with Crippen LogP contribution in [-0.4, -0.2) is 142 Å². The van der Waals surface area contributed by atoms with Gasteiger partial charge in [0.05, 0.1) is 26.4 Å². The lowest BCUT2D eigenvalue weighted by molar-refractivity contribution is -0.332. The Morgan fingerprint density at radius 2 is 0.779 bits per heavy atom. The fourth-order valence-corrected chi connectivity index (χ4v) is 9.29. The molecule has 2 aliphatic heterocycles. The van der Waals surface area contributed by atoms with Crippen molar-refractivity contribution < 1.29 is 69.0 Å². The molecule has 2 aliphatic rings. The summed E-state index contributed by atoms with van der Waals surface area (Å²) in [5.74, 6) is -0.370. The van der Waals surface area contributed by atoms with Gasteiger partial charge < -0.3 is 64.2 Å². The monoisotopic (exact) mass is 977 g/mol. The lowest BCUT2D eigenvalue weighted by Gasteiger charge is -2.42. The van der Waals surface area contributed by atoms with Crippen molar-refractivity contribution >= 4 is 5.97 Å². The van der Waals surface area contributed by atoms with E-state index in [1.807, 2.05) is 0 Å². The van der Waals surface area contributed by atoms with Crippen molar-refractivity contribution in [3.63, 3.8) is 0 Å². The van der Waals surface area contributed by atoms with Gasteiger partial charge in [0.15, 0.2) is 12.6 Å². The molecule has 0 spiro atoms. The van der Waals surface area contributed by atoms with E-state index in [0.29, 0.717) is 13.0 Å². The molecule has 0 radical (unpaired) electrons. The number of carbonyl (C=O) groups is 1. The number of hydrogen-bond acceptors (Lipinski definition) is 14. The van der Waals surface area contributed by atoms with Crippen LogP contribution in [-0.2, 0) is 33.2 Å². The minimum Gasteiger partial charge on any atom is -0.457 e. The Kier molecular flexibility index (Phi) is 39.4. The number of ether oxygens (including phenoxy) is 6. The maximum absolute atomic E-state index is 13.0. The number of aliphatic hydroxyl groups is 7. The SMILES string of the molecule is CCCCCCCCCCCCCCCCCCCCCCCCOCC(COC1OC(COC2OC(CO)C(O)C(O)C2O)C(O)C(O)C1O)OC(=O)CCCCCCCCCCCCCC. The van der Waals surface area contributed by atoms with Gasteiger partial charge >= 0.3 is 5.97 Å². The number of esters is 1. The zero-order valence-corrected chi connectivity index (χ0v) is 43.1. The molecule has 0 bridgehead atoms. The van der Waals surface area contributed by atoms with E-state index in [9.17, 15) is 40.5 Å². The van der Waals surface area contributed by atoms with Gasteiger partial charge in [0, 0.05) is 13.0 Å². The molecule has 0 aliphatic carbocycles. The second-order valence-corrected chi connectivity index (χ2v) is 20.1. The Morgan fingerprint density at radius 1 is 0.426 bits per heavy atom. The summed E-state index contributed by atoms with van der Waals surface area (Å²) in [7, 11) is 0. The zero-order chi connectivity index (χ0) is 49.5. The van der Waals surface area contributed by atoms with Crippen molar-refractivity contribution in [3.05, 3.63) is 0 Å². The van der Waals surface area contributed by atoms with Crippen molar-refractivity contribution in [3.8, 4) is 0 Å². The van der Waals surface area contributed by atoms with Crippen LogP contribution in [0.2, 0.25) is 0 Å². The van der Waals surface area contributed by atoms with Gasteiger partial charge in [-0.1, -0.05) is 219 Å². The third kappa shape index (κ3) is 29.5. The van der Waals surface area contributed by atoms with Gasteiger partial charge in [0.25, 0.3) is 0 Å². The molecule has 0 aromatic carbocycles. The average molecular weight is 977 g/mol. The molecule has 7 N–H and O–H groups in total. The maximum atomic E-state index is 13.0. The van der Waals surface area contributed by atoms with Crippen LogP contribution in [0.15, 0.2) is 0 Å². The smallest absolute Gasteiger partial charge is 0.306 e. The predicted molar refractivity (Wildman–Crippen MR) is 266 cm³/mol. The van der Waals surface area contributed by atoms with E-state index in [-0.39, 0.29) is 25.6 Å². The van der Waals surface area contributed by atoms with Crippen molar-refractivity contribution in [2.75, 3.05) is 33.0 Å². The van der Waals surface area contributed by atoms with Gasteiger partial charge in [0.1, 0.15) is 54.9 Å².